The van der Waals surface area contributed by atoms with Crippen LogP contribution in [0.4, 0.5) is 5.69 Å². The molecule has 3 amide bonds. The number of nitriles is 1. The fourth-order valence-electron chi connectivity index (χ4n) is 3.09. The van der Waals surface area contributed by atoms with Crippen LogP contribution in [0.3, 0.4) is 0 Å². The minimum absolute atomic E-state index is 0.0446. The normalized spacial score (nSPS) is 13.5. The van der Waals surface area contributed by atoms with Crippen molar-refractivity contribution in [2.45, 2.75) is 6.42 Å². The van der Waals surface area contributed by atoms with E-state index in [1.54, 1.807) is 52.3 Å². The predicted molar refractivity (Wildman–Crippen MR) is 104 cm³/mol. The van der Waals surface area contributed by atoms with Crippen molar-refractivity contribution in [3.63, 3.8) is 0 Å². The SMILES string of the molecule is N#CCC(=O)Nc1ccccc1C(=O)N1CCN(C(=O)c2ccccc2)CC1. The van der Waals surface area contributed by atoms with Gasteiger partial charge in [-0.25, -0.2) is 0 Å². The van der Waals surface area contributed by atoms with Crippen molar-refractivity contribution in [2.75, 3.05) is 31.5 Å². The van der Waals surface area contributed by atoms with Crippen molar-refractivity contribution in [1.82, 2.24) is 9.80 Å². The van der Waals surface area contributed by atoms with Gasteiger partial charge in [-0.3, -0.25) is 14.4 Å². The van der Waals surface area contributed by atoms with Gasteiger partial charge >= 0.3 is 0 Å². The number of anilines is 1. The summed E-state index contributed by atoms with van der Waals surface area (Å²) in [5.41, 5.74) is 1.39. The van der Waals surface area contributed by atoms with Gasteiger partial charge in [-0.05, 0) is 24.3 Å². The second kappa shape index (κ2) is 8.82. The van der Waals surface area contributed by atoms with E-state index in [-0.39, 0.29) is 18.2 Å². The van der Waals surface area contributed by atoms with Gasteiger partial charge in [0.15, 0.2) is 0 Å². The lowest BCUT2D eigenvalue weighted by atomic mass is 10.1. The molecule has 1 N–H and O–H groups in total. The van der Waals surface area contributed by atoms with E-state index in [1.165, 1.54) is 0 Å². The van der Waals surface area contributed by atoms with Crippen molar-refractivity contribution < 1.29 is 14.4 Å². The van der Waals surface area contributed by atoms with E-state index in [1.807, 2.05) is 18.2 Å². The topological polar surface area (TPSA) is 93.5 Å². The smallest absolute Gasteiger partial charge is 0.256 e. The first-order valence-corrected chi connectivity index (χ1v) is 8.99. The van der Waals surface area contributed by atoms with Gasteiger partial charge in [0.1, 0.15) is 6.42 Å². The van der Waals surface area contributed by atoms with Crippen LogP contribution in [-0.2, 0) is 4.79 Å². The molecule has 1 aliphatic heterocycles. The Bertz CT molecular complexity index is 913. The first-order valence-electron chi connectivity index (χ1n) is 8.99. The second-order valence-electron chi connectivity index (χ2n) is 6.38. The number of carbonyl (C=O) groups excluding carboxylic acids is 3. The lowest BCUT2D eigenvalue weighted by Crippen LogP contribution is -2.50. The van der Waals surface area contributed by atoms with E-state index >= 15 is 0 Å². The van der Waals surface area contributed by atoms with Crippen LogP contribution in [-0.4, -0.2) is 53.7 Å². The van der Waals surface area contributed by atoms with E-state index in [4.69, 9.17) is 5.26 Å². The van der Waals surface area contributed by atoms with E-state index in [9.17, 15) is 14.4 Å². The molecule has 7 heteroatoms. The zero-order valence-corrected chi connectivity index (χ0v) is 15.3. The highest BCUT2D eigenvalue weighted by Crippen LogP contribution is 2.19. The Balaban J connectivity index is 1.65. The molecule has 0 unspecified atom stereocenters. The highest BCUT2D eigenvalue weighted by Gasteiger charge is 2.26. The summed E-state index contributed by atoms with van der Waals surface area (Å²) < 4.78 is 0. The van der Waals surface area contributed by atoms with Gasteiger partial charge in [0, 0.05) is 31.7 Å². The Morgan fingerprint density at radius 2 is 1.43 bits per heavy atom. The number of nitrogens with one attached hydrogen (secondary N) is 1. The van der Waals surface area contributed by atoms with Gasteiger partial charge in [0.05, 0.1) is 17.3 Å². The van der Waals surface area contributed by atoms with Crippen molar-refractivity contribution >= 4 is 23.4 Å². The number of amides is 3. The largest absolute Gasteiger partial charge is 0.335 e. The van der Waals surface area contributed by atoms with E-state index < -0.39 is 5.91 Å². The number of piperazine rings is 1. The lowest BCUT2D eigenvalue weighted by Gasteiger charge is -2.35. The summed E-state index contributed by atoms with van der Waals surface area (Å²) in [6, 6.07) is 17.6. The molecule has 1 aliphatic rings. The van der Waals surface area contributed by atoms with Crippen LogP contribution in [0.2, 0.25) is 0 Å². The average molecular weight is 376 g/mol. The lowest BCUT2D eigenvalue weighted by molar-refractivity contribution is -0.115. The van der Waals surface area contributed by atoms with Gasteiger partial charge in [-0.2, -0.15) is 5.26 Å². The van der Waals surface area contributed by atoms with Gasteiger partial charge in [-0.1, -0.05) is 30.3 Å². The van der Waals surface area contributed by atoms with E-state index in [0.717, 1.165) is 0 Å². The van der Waals surface area contributed by atoms with Crippen molar-refractivity contribution in [3.8, 4) is 6.07 Å². The number of rotatable bonds is 4. The molecule has 1 saturated heterocycles. The fourth-order valence-corrected chi connectivity index (χ4v) is 3.09. The molecule has 0 radical (unpaired) electrons. The van der Waals surface area contributed by atoms with E-state index in [0.29, 0.717) is 43.0 Å². The average Bonchev–Trinajstić information content (AvgIpc) is 2.74. The number of carbonyl (C=O) groups is 3. The molecule has 142 valence electrons. The predicted octanol–water partition coefficient (Wildman–Crippen LogP) is 2.14. The molecule has 0 aromatic heterocycles. The zero-order valence-electron chi connectivity index (χ0n) is 15.3. The number of para-hydroxylation sites is 1. The first kappa shape index (κ1) is 19.1. The summed E-state index contributed by atoms with van der Waals surface area (Å²) in [5.74, 6) is -0.711. The Morgan fingerprint density at radius 3 is 2.07 bits per heavy atom. The van der Waals surface area contributed by atoms with Crippen molar-refractivity contribution in [2.24, 2.45) is 0 Å². The molecule has 0 aliphatic carbocycles. The fraction of sp³-hybridized carbons (Fsp3) is 0.238. The molecule has 3 rings (SSSR count). The van der Waals surface area contributed by atoms with Crippen LogP contribution in [0.5, 0.6) is 0 Å². The summed E-state index contributed by atoms with van der Waals surface area (Å²) in [4.78, 5) is 40.6. The van der Waals surface area contributed by atoms with Crippen LogP contribution in [0.25, 0.3) is 0 Å². The Labute approximate surface area is 163 Å². The van der Waals surface area contributed by atoms with Crippen molar-refractivity contribution in [1.29, 1.82) is 5.26 Å². The molecule has 2 aromatic rings. The molecular formula is C21H20N4O3. The number of hydrogen-bond acceptors (Lipinski definition) is 4. The van der Waals surface area contributed by atoms with Gasteiger partial charge in [-0.15, -0.1) is 0 Å². The Morgan fingerprint density at radius 1 is 0.857 bits per heavy atom. The number of nitrogens with zero attached hydrogens (tertiary/aromatic N) is 3. The third-order valence-electron chi connectivity index (χ3n) is 4.55. The Kier molecular flexibility index (Phi) is 6.02. The summed E-state index contributed by atoms with van der Waals surface area (Å²) >= 11 is 0. The highest BCUT2D eigenvalue weighted by molar-refractivity contribution is 6.04. The number of benzene rings is 2. The van der Waals surface area contributed by atoms with E-state index in [2.05, 4.69) is 5.32 Å². The van der Waals surface area contributed by atoms with Crippen LogP contribution in [0.15, 0.2) is 54.6 Å². The summed E-state index contributed by atoms with van der Waals surface area (Å²) in [5, 5.41) is 11.2. The molecule has 0 atom stereocenters. The minimum atomic E-state index is -0.457. The summed E-state index contributed by atoms with van der Waals surface area (Å²) in [7, 11) is 0. The molecule has 2 aromatic carbocycles. The van der Waals surface area contributed by atoms with Crippen LogP contribution in [0.1, 0.15) is 27.1 Å². The monoisotopic (exact) mass is 376 g/mol. The maximum atomic E-state index is 12.9. The van der Waals surface area contributed by atoms with Crippen LogP contribution >= 0.6 is 0 Å². The first-order chi connectivity index (χ1) is 13.6. The van der Waals surface area contributed by atoms with Gasteiger partial charge in [0.2, 0.25) is 5.91 Å². The van der Waals surface area contributed by atoms with Crippen LogP contribution in [0, 0.1) is 11.3 Å². The molecule has 7 nitrogen and oxygen atoms in total. The molecule has 1 fully saturated rings. The maximum Gasteiger partial charge on any atom is 0.256 e. The molecule has 0 spiro atoms. The van der Waals surface area contributed by atoms with Gasteiger partial charge < -0.3 is 15.1 Å². The minimum Gasteiger partial charge on any atom is -0.335 e. The van der Waals surface area contributed by atoms with Gasteiger partial charge in [0.25, 0.3) is 11.8 Å². The Hall–Kier alpha value is -3.66. The third kappa shape index (κ3) is 4.35. The van der Waals surface area contributed by atoms with Crippen LogP contribution < -0.4 is 5.32 Å². The molecular weight excluding hydrogens is 356 g/mol. The quantitative estimate of drug-likeness (QED) is 0.885. The highest BCUT2D eigenvalue weighted by atomic mass is 16.2. The zero-order chi connectivity index (χ0) is 19.9. The maximum absolute atomic E-state index is 12.9. The summed E-state index contributed by atoms with van der Waals surface area (Å²) in [6.45, 7) is 1.72. The second-order valence-corrected chi connectivity index (χ2v) is 6.38. The summed E-state index contributed by atoms with van der Waals surface area (Å²) in [6.07, 6.45) is -0.275. The van der Waals surface area contributed by atoms with Crippen molar-refractivity contribution in [3.05, 3.63) is 65.7 Å². The molecule has 1 heterocycles. The molecule has 0 bridgehead atoms. The standard InChI is InChI=1S/C21H20N4O3/c22-11-10-19(26)23-18-9-5-4-8-17(18)21(28)25-14-12-24(13-15-25)20(27)16-6-2-1-3-7-16/h1-9H,10,12-15H2,(H,23,26). The molecule has 0 saturated carbocycles. The molecule has 28 heavy (non-hydrogen) atoms. The third-order valence-corrected chi connectivity index (χ3v) is 4.55. The number of hydrogen-bond donors (Lipinski definition) is 1.